The molecule has 0 fully saturated rings. The summed E-state index contributed by atoms with van der Waals surface area (Å²) in [5, 5.41) is 0.133. The highest BCUT2D eigenvalue weighted by atomic mass is 28.4. The molecule has 0 aromatic heterocycles. The molecule has 100 valence electrons. The van der Waals surface area contributed by atoms with Crippen molar-refractivity contribution >= 4 is 14.6 Å². The molecule has 0 radical (unpaired) electrons. The van der Waals surface area contributed by atoms with Gasteiger partial charge in [0.25, 0.3) is 0 Å². The molecule has 0 rings (SSSR count). The first-order chi connectivity index (χ1) is 7.51. The summed E-state index contributed by atoms with van der Waals surface area (Å²) >= 11 is 0. The van der Waals surface area contributed by atoms with E-state index in [1.807, 2.05) is 13.8 Å². The van der Waals surface area contributed by atoms with Crippen molar-refractivity contribution in [2.75, 3.05) is 0 Å². The SMILES string of the molecule is C[C@H](/C=C(/F)C=O)[C@H](C)O[Si](C)(C)C(C)(C)C. The van der Waals surface area contributed by atoms with Crippen molar-refractivity contribution in [3.8, 4) is 0 Å². The summed E-state index contributed by atoms with van der Waals surface area (Å²) in [6.07, 6.45) is 1.47. The maximum Gasteiger partial charge on any atom is 0.192 e. The Labute approximate surface area is 105 Å². The molecule has 0 aromatic carbocycles. The van der Waals surface area contributed by atoms with Crippen LogP contribution in [0.4, 0.5) is 4.39 Å². The summed E-state index contributed by atoms with van der Waals surface area (Å²) in [7, 11) is -1.83. The number of hydrogen-bond acceptors (Lipinski definition) is 2. The van der Waals surface area contributed by atoms with E-state index < -0.39 is 14.1 Å². The molecule has 2 nitrogen and oxygen atoms in total. The Bertz CT molecular complexity index is 292. The van der Waals surface area contributed by atoms with Crippen LogP contribution in [0, 0.1) is 5.92 Å². The molecule has 0 aliphatic heterocycles. The Kier molecular flexibility index (Phi) is 5.74. The fraction of sp³-hybridized carbons (Fsp3) is 0.769. The molecule has 0 amide bonds. The predicted molar refractivity (Wildman–Crippen MR) is 72.2 cm³/mol. The highest BCUT2D eigenvalue weighted by molar-refractivity contribution is 6.74. The van der Waals surface area contributed by atoms with Gasteiger partial charge in [-0.05, 0) is 31.1 Å². The highest BCUT2D eigenvalue weighted by Crippen LogP contribution is 2.38. The third kappa shape index (κ3) is 5.13. The average molecular weight is 260 g/mol. The number of hydrogen-bond donors (Lipinski definition) is 0. The Morgan fingerprint density at radius 2 is 1.76 bits per heavy atom. The first-order valence-corrected chi connectivity index (χ1v) is 8.92. The smallest absolute Gasteiger partial charge is 0.192 e. The van der Waals surface area contributed by atoms with Crippen LogP contribution in [0.5, 0.6) is 0 Å². The molecule has 17 heavy (non-hydrogen) atoms. The van der Waals surface area contributed by atoms with Crippen molar-refractivity contribution in [1.29, 1.82) is 0 Å². The molecular weight excluding hydrogens is 235 g/mol. The third-order valence-corrected chi connectivity index (χ3v) is 8.14. The molecule has 0 heterocycles. The molecule has 2 atom stereocenters. The van der Waals surface area contributed by atoms with Gasteiger partial charge in [-0.25, -0.2) is 4.39 Å². The molecule has 0 aliphatic carbocycles. The quantitative estimate of drug-likeness (QED) is 0.423. The van der Waals surface area contributed by atoms with Crippen molar-refractivity contribution in [3.63, 3.8) is 0 Å². The Hall–Kier alpha value is -0.483. The lowest BCUT2D eigenvalue weighted by molar-refractivity contribution is -0.106. The molecule has 0 aromatic rings. The van der Waals surface area contributed by atoms with Gasteiger partial charge in [0.2, 0.25) is 0 Å². The first kappa shape index (κ1) is 16.5. The summed E-state index contributed by atoms with van der Waals surface area (Å²) < 4.78 is 19.0. The van der Waals surface area contributed by atoms with Gasteiger partial charge in [0.15, 0.2) is 20.4 Å². The number of halogens is 1. The molecule has 0 unspecified atom stereocenters. The molecule has 4 heteroatoms. The van der Waals surface area contributed by atoms with E-state index in [1.54, 1.807) is 0 Å². The van der Waals surface area contributed by atoms with Crippen LogP contribution in [-0.2, 0) is 9.22 Å². The number of carbonyl (C=O) groups excluding carboxylic acids is 1. The minimum absolute atomic E-state index is 0.0819. The van der Waals surface area contributed by atoms with Gasteiger partial charge in [0.05, 0.1) is 0 Å². The fourth-order valence-corrected chi connectivity index (χ4v) is 2.67. The molecule has 0 bridgehead atoms. The van der Waals surface area contributed by atoms with E-state index in [2.05, 4.69) is 33.9 Å². The van der Waals surface area contributed by atoms with E-state index in [0.29, 0.717) is 0 Å². The largest absolute Gasteiger partial charge is 0.414 e. The predicted octanol–water partition coefficient (Wildman–Crippen LogP) is 4.09. The van der Waals surface area contributed by atoms with E-state index in [4.69, 9.17) is 4.43 Å². The van der Waals surface area contributed by atoms with Crippen molar-refractivity contribution < 1.29 is 13.6 Å². The molecule has 0 spiro atoms. The molecule has 0 saturated heterocycles. The lowest BCUT2D eigenvalue weighted by Gasteiger charge is -2.39. The van der Waals surface area contributed by atoms with Gasteiger partial charge in [-0.2, -0.15) is 0 Å². The van der Waals surface area contributed by atoms with Gasteiger partial charge in [-0.3, -0.25) is 4.79 Å². The van der Waals surface area contributed by atoms with Crippen molar-refractivity contribution in [2.24, 2.45) is 5.92 Å². The van der Waals surface area contributed by atoms with E-state index in [9.17, 15) is 9.18 Å². The average Bonchev–Trinajstić information content (AvgIpc) is 2.14. The zero-order valence-electron chi connectivity index (χ0n) is 12.0. The van der Waals surface area contributed by atoms with Gasteiger partial charge < -0.3 is 4.43 Å². The van der Waals surface area contributed by atoms with Gasteiger partial charge >= 0.3 is 0 Å². The zero-order valence-corrected chi connectivity index (χ0v) is 13.0. The monoisotopic (exact) mass is 260 g/mol. The van der Waals surface area contributed by atoms with Crippen LogP contribution < -0.4 is 0 Å². The van der Waals surface area contributed by atoms with E-state index in [0.717, 1.165) is 0 Å². The Balaban J connectivity index is 4.65. The van der Waals surface area contributed by atoms with Gasteiger partial charge in [-0.15, -0.1) is 0 Å². The third-order valence-electron chi connectivity index (χ3n) is 3.56. The maximum atomic E-state index is 12.9. The minimum Gasteiger partial charge on any atom is -0.414 e. The second-order valence-corrected chi connectivity index (χ2v) is 10.9. The molecular formula is C13H25FO2Si. The summed E-state index contributed by atoms with van der Waals surface area (Å²) in [5.74, 6) is -0.822. The van der Waals surface area contributed by atoms with Gasteiger partial charge in [0, 0.05) is 12.0 Å². The number of aldehydes is 1. The highest BCUT2D eigenvalue weighted by Gasteiger charge is 2.38. The second-order valence-electron chi connectivity index (χ2n) is 6.11. The summed E-state index contributed by atoms with van der Waals surface area (Å²) in [6, 6.07) is 0. The standard InChI is InChI=1S/C13H25FO2Si/c1-10(8-12(14)9-15)11(2)16-17(6,7)13(3,4)5/h8-11H,1-7H3/b12-8+/t10-,11+/m1/s1. The van der Waals surface area contributed by atoms with Gasteiger partial charge in [-0.1, -0.05) is 27.7 Å². The van der Waals surface area contributed by atoms with Crippen molar-refractivity contribution in [3.05, 3.63) is 11.9 Å². The van der Waals surface area contributed by atoms with Crippen molar-refractivity contribution in [2.45, 2.75) is 58.9 Å². The van der Waals surface area contributed by atoms with E-state index in [-0.39, 0.29) is 23.3 Å². The van der Waals surface area contributed by atoms with Crippen LogP contribution in [0.25, 0.3) is 0 Å². The van der Waals surface area contributed by atoms with Crippen LogP contribution in [0.3, 0.4) is 0 Å². The maximum absolute atomic E-state index is 12.9. The molecule has 0 aliphatic rings. The lowest BCUT2D eigenvalue weighted by Crippen LogP contribution is -2.44. The Morgan fingerprint density at radius 1 is 1.29 bits per heavy atom. The molecule has 0 saturated carbocycles. The van der Waals surface area contributed by atoms with Crippen molar-refractivity contribution in [1.82, 2.24) is 0 Å². The van der Waals surface area contributed by atoms with E-state index in [1.165, 1.54) is 6.08 Å². The number of carbonyl (C=O) groups is 1. The summed E-state index contributed by atoms with van der Waals surface area (Å²) in [4.78, 5) is 10.2. The zero-order chi connectivity index (χ0) is 13.9. The van der Waals surface area contributed by atoms with Crippen LogP contribution in [-0.4, -0.2) is 20.7 Å². The summed E-state index contributed by atoms with van der Waals surface area (Å²) in [6.45, 7) is 14.6. The van der Waals surface area contributed by atoms with Crippen LogP contribution in [0.2, 0.25) is 18.1 Å². The van der Waals surface area contributed by atoms with E-state index >= 15 is 0 Å². The Morgan fingerprint density at radius 3 is 2.12 bits per heavy atom. The fourth-order valence-electron chi connectivity index (χ4n) is 1.17. The second kappa shape index (κ2) is 5.91. The number of rotatable bonds is 5. The van der Waals surface area contributed by atoms with Crippen LogP contribution in [0.15, 0.2) is 11.9 Å². The normalized spacial score (nSPS) is 17.8. The van der Waals surface area contributed by atoms with Crippen LogP contribution >= 0.6 is 0 Å². The first-order valence-electron chi connectivity index (χ1n) is 6.01. The number of allylic oxidation sites excluding steroid dienone is 1. The summed E-state index contributed by atoms with van der Waals surface area (Å²) in [5.41, 5.74) is 0. The van der Waals surface area contributed by atoms with Crippen LogP contribution in [0.1, 0.15) is 34.6 Å². The molecule has 0 N–H and O–H groups in total. The lowest BCUT2D eigenvalue weighted by atomic mass is 10.1. The topological polar surface area (TPSA) is 26.3 Å². The minimum atomic E-state index is -1.83. The van der Waals surface area contributed by atoms with Gasteiger partial charge in [0.1, 0.15) is 0 Å².